The van der Waals surface area contributed by atoms with Crippen molar-refractivity contribution in [1.82, 2.24) is 14.9 Å². The van der Waals surface area contributed by atoms with Gasteiger partial charge in [0.2, 0.25) is 11.9 Å². The third-order valence-corrected chi connectivity index (χ3v) is 5.82. The van der Waals surface area contributed by atoms with Crippen LogP contribution in [0.4, 0.5) is 5.95 Å². The predicted molar refractivity (Wildman–Crippen MR) is 99.7 cm³/mol. The zero-order valence-corrected chi connectivity index (χ0v) is 15.3. The summed E-state index contributed by atoms with van der Waals surface area (Å²) in [7, 11) is 0. The van der Waals surface area contributed by atoms with E-state index in [0.29, 0.717) is 25.0 Å². The van der Waals surface area contributed by atoms with Crippen molar-refractivity contribution in [3.05, 3.63) is 30.1 Å². The fraction of sp³-hybridized carbons (Fsp3) is 0.650. The number of carbonyl (C=O) groups is 1. The predicted octanol–water partition coefficient (Wildman–Crippen LogP) is 2.93. The van der Waals surface area contributed by atoms with Crippen LogP contribution in [-0.4, -0.2) is 52.1 Å². The Labute approximate surface area is 155 Å². The summed E-state index contributed by atoms with van der Waals surface area (Å²) in [6, 6.07) is 2.11. The molecule has 26 heavy (non-hydrogen) atoms. The van der Waals surface area contributed by atoms with Gasteiger partial charge in [0.05, 0.1) is 5.60 Å². The maximum absolute atomic E-state index is 12.7. The van der Waals surface area contributed by atoms with Crippen LogP contribution in [-0.2, 0) is 9.53 Å². The number of amides is 1. The second-order valence-corrected chi connectivity index (χ2v) is 7.79. The van der Waals surface area contributed by atoms with Gasteiger partial charge < -0.3 is 15.0 Å². The lowest BCUT2D eigenvalue weighted by Crippen LogP contribution is -2.47. The van der Waals surface area contributed by atoms with Gasteiger partial charge in [0.1, 0.15) is 0 Å². The lowest BCUT2D eigenvalue weighted by molar-refractivity contribution is -0.132. The van der Waals surface area contributed by atoms with E-state index in [1.807, 2.05) is 11.0 Å². The van der Waals surface area contributed by atoms with E-state index in [9.17, 15) is 4.79 Å². The van der Waals surface area contributed by atoms with Crippen LogP contribution in [0.2, 0.25) is 0 Å². The van der Waals surface area contributed by atoms with E-state index in [-0.39, 0.29) is 11.5 Å². The fourth-order valence-electron chi connectivity index (χ4n) is 4.42. The topological polar surface area (TPSA) is 67.4 Å². The van der Waals surface area contributed by atoms with Gasteiger partial charge in [-0.3, -0.25) is 4.79 Å². The Kier molecular flexibility index (Phi) is 5.20. The molecule has 3 heterocycles. The van der Waals surface area contributed by atoms with E-state index in [4.69, 9.17) is 4.74 Å². The lowest BCUT2D eigenvalue weighted by atomic mass is 9.89. The molecule has 0 aromatic carbocycles. The first-order valence-electron chi connectivity index (χ1n) is 9.86. The minimum Gasteiger partial charge on any atom is -0.373 e. The number of likely N-dealkylation sites (tertiary alicyclic amines) is 1. The van der Waals surface area contributed by atoms with Crippen LogP contribution in [0.3, 0.4) is 0 Å². The van der Waals surface area contributed by atoms with Crippen LogP contribution in [0.25, 0.3) is 0 Å². The van der Waals surface area contributed by atoms with Gasteiger partial charge >= 0.3 is 0 Å². The molecule has 2 fully saturated rings. The maximum atomic E-state index is 12.7. The molecule has 1 aliphatic carbocycles. The summed E-state index contributed by atoms with van der Waals surface area (Å²) < 4.78 is 6.18. The van der Waals surface area contributed by atoms with Crippen molar-refractivity contribution in [2.24, 2.45) is 0 Å². The molecule has 3 aliphatic rings. The molecule has 2 aliphatic heterocycles. The molecule has 1 amide bonds. The molecule has 1 spiro atoms. The average molecular weight is 356 g/mol. The molecule has 0 bridgehead atoms. The van der Waals surface area contributed by atoms with Crippen LogP contribution in [0.15, 0.2) is 30.1 Å². The standard InChI is InChI=1S/C20H28N4O2/c25-18(13-16-5-2-1-3-6-16)24-11-8-20(15-24)14-17(7-12-26-20)23-19-21-9-4-10-22-19/h4-5,9-10,17H,1-3,6-8,11-15H2,(H,21,22,23)/t17-,20-/m0/s1. The summed E-state index contributed by atoms with van der Waals surface area (Å²) in [4.78, 5) is 23.2. The van der Waals surface area contributed by atoms with Gasteiger partial charge in [-0.15, -0.1) is 0 Å². The van der Waals surface area contributed by atoms with E-state index in [2.05, 4.69) is 21.4 Å². The minimum absolute atomic E-state index is 0.207. The number of carbonyl (C=O) groups excluding carboxylic acids is 1. The van der Waals surface area contributed by atoms with Crippen LogP contribution in [0, 0.1) is 0 Å². The smallest absolute Gasteiger partial charge is 0.226 e. The first kappa shape index (κ1) is 17.5. The molecule has 6 nitrogen and oxygen atoms in total. The zero-order chi connectivity index (χ0) is 17.8. The number of hydrogen-bond acceptors (Lipinski definition) is 5. The summed E-state index contributed by atoms with van der Waals surface area (Å²) >= 11 is 0. The van der Waals surface area contributed by atoms with Gasteiger partial charge in [0, 0.05) is 44.6 Å². The Hall–Kier alpha value is -1.95. The summed E-state index contributed by atoms with van der Waals surface area (Å²) in [6.07, 6.45) is 13.8. The second-order valence-electron chi connectivity index (χ2n) is 7.79. The molecular formula is C20H28N4O2. The quantitative estimate of drug-likeness (QED) is 0.840. The van der Waals surface area contributed by atoms with Crippen LogP contribution in [0.5, 0.6) is 0 Å². The van der Waals surface area contributed by atoms with Gasteiger partial charge in [-0.2, -0.15) is 0 Å². The van der Waals surface area contributed by atoms with Gasteiger partial charge in [-0.25, -0.2) is 9.97 Å². The largest absolute Gasteiger partial charge is 0.373 e. The van der Waals surface area contributed by atoms with E-state index >= 15 is 0 Å². The van der Waals surface area contributed by atoms with E-state index < -0.39 is 0 Å². The Balaban J connectivity index is 1.34. The number of rotatable bonds is 4. The van der Waals surface area contributed by atoms with Crippen LogP contribution in [0.1, 0.15) is 51.4 Å². The second kappa shape index (κ2) is 7.74. The first-order chi connectivity index (χ1) is 12.7. The van der Waals surface area contributed by atoms with Gasteiger partial charge in [0.15, 0.2) is 0 Å². The monoisotopic (exact) mass is 356 g/mol. The third-order valence-electron chi connectivity index (χ3n) is 5.82. The van der Waals surface area contributed by atoms with Gasteiger partial charge in [0.25, 0.3) is 0 Å². The molecule has 140 valence electrons. The molecule has 1 N–H and O–H groups in total. The number of nitrogens with one attached hydrogen (secondary N) is 1. The van der Waals surface area contributed by atoms with Crippen molar-refractivity contribution >= 4 is 11.9 Å². The Morgan fingerprint density at radius 3 is 3.04 bits per heavy atom. The molecule has 0 radical (unpaired) electrons. The van der Waals surface area contributed by atoms with Crippen molar-refractivity contribution in [3.8, 4) is 0 Å². The number of hydrogen-bond donors (Lipinski definition) is 1. The zero-order valence-electron chi connectivity index (χ0n) is 15.3. The molecule has 4 rings (SSSR count). The van der Waals surface area contributed by atoms with Gasteiger partial charge in [-0.1, -0.05) is 11.6 Å². The highest BCUT2D eigenvalue weighted by Crippen LogP contribution is 2.35. The molecule has 2 saturated heterocycles. The maximum Gasteiger partial charge on any atom is 0.226 e. The van der Waals surface area contributed by atoms with Crippen LogP contribution < -0.4 is 5.32 Å². The normalized spacial score (nSPS) is 28.8. The third kappa shape index (κ3) is 4.06. The van der Waals surface area contributed by atoms with E-state index in [0.717, 1.165) is 45.3 Å². The van der Waals surface area contributed by atoms with Crippen molar-refractivity contribution in [2.45, 2.75) is 63.0 Å². The number of aromatic nitrogens is 2. The Bertz CT molecular complexity index is 663. The SMILES string of the molecule is O=C(CC1=CCCCC1)N1CC[C@]2(C[C@@H](Nc3ncccn3)CCO2)C1. The summed E-state index contributed by atoms with van der Waals surface area (Å²) in [5.74, 6) is 0.935. The lowest BCUT2D eigenvalue weighted by Gasteiger charge is -2.38. The summed E-state index contributed by atoms with van der Waals surface area (Å²) in [5, 5.41) is 3.43. The highest BCUT2D eigenvalue weighted by Gasteiger charge is 2.44. The number of ether oxygens (including phenoxy) is 1. The Morgan fingerprint density at radius 2 is 2.23 bits per heavy atom. The molecule has 1 aromatic heterocycles. The molecular weight excluding hydrogens is 328 g/mol. The molecule has 0 saturated carbocycles. The summed E-state index contributed by atoms with van der Waals surface area (Å²) in [5.41, 5.74) is 1.12. The van der Waals surface area contributed by atoms with Crippen molar-refractivity contribution in [1.29, 1.82) is 0 Å². The molecule has 1 aromatic rings. The average Bonchev–Trinajstić information content (AvgIpc) is 3.07. The Morgan fingerprint density at radius 1 is 1.35 bits per heavy atom. The minimum atomic E-state index is -0.207. The van der Waals surface area contributed by atoms with Crippen molar-refractivity contribution in [2.75, 3.05) is 25.0 Å². The van der Waals surface area contributed by atoms with Crippen molar-refractivity contribution in [3.63, 3.8) is 0 Å². The highest BCUT2D eigenvalue weighted by atomic mass is 16.5. The van der Waals surface area contributed by atoms with Gasteiger partial charge in [-0.05, 0) is 51.0 Å². The number of nitrogens with zero attached hydrogens (tertiary/aromatic N) is 3. The van der Waals surface area contributed by atoms with Crippen LogP contribution >= 0.6 is 0 Å². The highest BCUT2D eigenvalue weighted by molar-refractivity contribution is 5.79. The molecule has 0 unspecified atom stereocenters. The first-order valence-corrected chi connectivity index (χ1v) is 9.86. The summed E-state index contributed by atoms with van der Waals surface area (Å²) in [6.45, 7) is 2.24. The van der Waals surface area contributed by atoms with E-state index in [1.54, 1.807) is 12.4 Å². The fourth-order valence-corrected chi connectivity index (χ4v) is 4.42. The molecule has 2 atom stereocenters. The van der Waals surface area contributed by atoms with E-state index in [1.165, 1.54) is 18.4 Å². The number of anilines is 1. The van der Waals surface area contributed by atoms with Crippen molar-refractivity contribution < 1.29 is 9.53 Å². The molecule has 6 heteroatoms. The number of allylic oxidation sites excluding steroid dienone is 1.